The van der Waals surface area contributed by atoms with Gasteiger partial charge in [0.2, 0.25) is 0 Å². The Hall–Kier alpha value is -1.88. The summed E-state index contributed by atoms with van der Waals surface area (Å²) in [4.78, 5) is 0. The van der Waals surface area contributed by atoms with Crippen LogP contribution in [0.25, 0.3) is 0 Å². The van der Waals surface area contributed by atoms with E-state index in [1.54, 1.807) is 37.1 Å². The molecule has 1 atom stereocenters. The molecule has 0 saturated carbocycles. The largest absolute Gasteiger partial charge is 0.454 e. The van der Waals surface area contributed by atoms with Crippen molar-refractivity contribution in [2.45, 2.75) is 13.0 Å². The van der Waals surface area contributed by atoms with Crippen LogP contribution in [0.4, 0.5) is 4.39 Å². The van der Waals surface area contributed by atoms with E-state index in [0.717, 1.165) is 0 Å². The number of rotatable bonds is 3. The highest BCUT2D eigenvalue weighted by atomic mass is 19.1. The van der Waals surface area contributed by atoms with E-state index in [-0.39, 0.29) is 11.9 Å². The van der Waals surface area contributed by atoms with E-state index in [2.05, 4.69) is 5.10 Å². The fourth-order valence-corrected chi connectivity index (χ4v) is 1.55. The van der Waals surface area contributed by atoms with E-state index < -0.39 is 0 Å². The van der Waals surface area contributed by atoms with Crippen molar-refractivity contribution in [3.8, 4) is 11.5 Å². The molecule has 2 rings (SSSR count). The van der Waals surface area contributed by atoms with Gasteiger partial charge in [-0.3, -0.25) is 4.68 Å². The average molecular weight is 235 g/mol. The number of benzene rings is 1. The third kappa shape index (κ3) is 2.62. The van der Waals surface area contributed by atoms with Gasteiger partial charge in [-0.1, -0.05) is 0 Å². The van der Waals surface area contributed by atoms with Gasteiger partial charge in [0.15, 0.2) is 5.75 Å². The molecule has 0 aliphatic heterocycles. The van der Waals surface area contributed by atoms with Gasteiger partial charge in [-0.25, -0.2) is 4.39 Å². The molecule has 0 radical (unpaired) electrons. The molecule has 0 aliphatic rings. The Bertz CT molecular complexity index is 522. The molecule has 2 N–H and O–H groups in total. The molecular weight excluding hydrogens is 221 g/mol. The monoisotopic (exact) mass is 235 g/mol. The molecule has 0 aliphatic carbocycles. The van der Waals surface area contributed by atoms with Crippen LogP contribution in [0.5, 0.6) is 11.5 Å². The smallest absolute Gasteiger partial charge is 0.165 e. The Morgan fingerprint density at radius 3 is 2.82 bits per heavy atom. The van der Waals surface area contributed by atoms with Gasteiger partial charge in [-0.05, 0) is 25.1 Å². The van der Waals surface area contributed by atoms with Crippen LogP contribution in [0, 0.1) is 5.82 Å². The van der Waals surface area contributed by atoms with Gasteiger partial charge in [0.1, 0.15) is 11.6 Å². The summed E-state index contributed by atoms with van der Waals surface area (Å²) in [5.41, 5.74) is 6.41. The zero-order valence-electron chi connectivity index (χ0n) is 9.72. The van der Waals surface area contributed by atoms with Crippen LogP contribution in [0.3, 0.4) is 0 Å². The van der Waals surface area contributed by atoms with Gasteiger partial charge in [0, 0.05) is 18.7 Å². The van der Waals surface area contributed by atoms with Crippen LogP contribution in [0.1, 0.15) is 18.5 Å². The number of nitrogens with two attached hydrogens (primary N) is 1. The number of ether oxygens (including phenoxy) is 1. The van der Waals surface area contributed by atoms with E-state index >= 15 is 0 Å². The molecule has 17 heavy (non-hydrogen) atoms. The lowest BCUT2D eigenvalue weighted by Crippen LogP contribution is -2.07. The maximum atomic E-state index is 13.1. The number of aromatic nitrogens is 2. The molecule has 0 bridgehead atoms. The normalized spacial score (nSPS) is 12.5. The molecule has 1 aromatic carbocycles. The quantitative estimate of drug-likeness (QED) is 0.888. The molecule has 0 amide bonds. The first-order valence-electron chi connectivity index (χ1n) is 5.28. The lowest BCUT2D eigenvalue weighted by atomic mass is 10.1. The Morgan fingerprint density at radius 1 is 1.47 bits per heavy atom. The van der Waals surface area contributed by atoms with Crippen molar-refractivity contribution in [3.63, 3.8) is 0 Å². The molecular formula is C12H14FN3O. The molecule has 0 fully saturated rings. The van der Waals surface area contributed by atoms with Gasteiger partial charge in [0.05, 0.1) is 12.4 Å². The summed E-state index contributed by atoms with van der Waals surface area (Å²) < 4.78 is 20.4. The SMILES string of the molecule is C[C@H](N)c1cc(F)ccc1Oc1cnn(C)c1. The predicted molar refractivity (Wildman–Crippen MR) is 62.3 cm³/mol. The minimum Gasteiger partial charge on any atom is -0.454 e. The molecule has 5 heteroatoms. The number of hydrogen-bond donors (Lipinski definition) is 1. The van der Waals surface area contributed by atoms with Crippen molar-refractivity contribution in [1.82, 2.24) is 9.78 Å². The zero-order valence-corrected chi connectivity index (χ0v) is 9.72. The van der Waals surface area contributed by atoms with Crippen LogP contribution in [0.2, 0.25) is 0 Å². The van der Waals surface area contributed by atoms with Gasteiger partial charge < -0.3 is 10.5 Å². The fourth-order valence-electron chi connectivity index (χ4n) is 1.55. The highest BCUT2D eigenvalue weighted by Gasteiger charge is 2.11. The first kappa shape index (κ1) is 11.6. The fraction of sp³-hybridized carbons (Fsp3) is 0.250. The molecule has 0 saturated heterocycles. The molecule has 0 spiro atoms. The highest BCUT2D eigenvalue weighted by Crippen LogP contribution is 2.29. The minimum absolute atomic E-state index is 0.294. The first-order chi connectivity index (χ1) is 8.06. The maximum Gasteiger partial charge on any atom is 0.165 e. The summed E-state index contributed by atoms with van der Waals surface area (Å²) in [6.07, 6.45) is 3.32. The van der Waals surface area contributed by atoms with Crippen LogP contribution in [-0.4, -0.2) is 9.78 Å². The molecule has 1 heterocycles. The van der Waals surface area contributed by atoms with Gasteiger partial charge in [-0.2, -0.15) is 5.10 Å². The Labute approximate surface area is 98.8 Å². The van der Waals surface area contributed by atoms with Crippen molar-refractivity contribution >= 4 is 0 Å². The molecule has 1 aromatic heterocycles. The van der Waals surface area contributed by atoms with E-state index in [1.165, 1.54) is 12.1 Å². The second-order valence-electron chi connectivity index (χ2n) is 3.92. The second-order valence-corrected chi connectivity index (χ2v) is 3.92. The summed E-state index contributed by atoms with van der Waals surface area (Å²) in [6.45, 7) is 1.78. The topological polar surface area (TPSA) is 53.1 Å². The summed E-state index contributed by atoms with van der Waals surface area (Å²) in [5.74, 6) is 0.825. The van der Waals surface area contributed by atoms with Crippen LogP contribution in [-0.2, 0) is 7.05 Å². The molecule has 4 nitrogen and oxygen atoms in total. The number of hydrogen-bond acceptors (Lipinski definition) is 3. The zero-order chi connectivity index (χ0) is 12.4. The lowest BCUT2D eigenvalue weighted by molar-refractivity contribution is 0.468. The summed E-state index contributed by atoms with van der Waals surface area (Å²) in [7, 11) is 1.80. The van der Waals surface area contributed by atoms with Crippen molar-refractivity contribution in [3.05, 3.63) is 42.0 Å². The summed E-state index contributed by atoms with van der Waals surface area (Å²) >= 11 is 0. The van der Waals surface area contributed by atoms with Crippen molar-refractivity contribution in [1.29, 1.82) is 0 Å². The number of nitrogens with zero attached hydrogens (tertiary/aromatic N) is 2. The minimum atomic E-state index is -0.323. The Balaban J connectivity index is 2.32. The molecule has 90 valence electrons. The van der Waals surface area contributed by atoms with E-state index in [4.69, 9.17) is 10.5 Å². The van der Waals surface area contributed by atoms with Crippen molar-refractivity contribution in [2.24, 2.45) is 12.8 Å². The summed E-state index contributed by atoms with van der Waals surface area (Å²) in [6, 6.07) is 4.01. The van der Waals surface area contributed by atoms with Crippen LogP contribution < -0.4 is 10.5 Å². The van der Waals surface area contributed by atoms with Gasteiger partial charge >= 0.3 is 0 Å². The van der Waals surface area contributed by atoms with Crippen LogP contribution in [0.15, 0.2) is 30.6 Å². The third-order valence-electron chi connectivity index (χ3n) is 2.37. The van der Waals surface area contributed by atoms with E-state index in [0.29, 0.717) is 17.1 Å². The lowest BCUT2D eigenvalue weighted by Gasteiger charge is -2.12. The van der Waals surface area contributed by atoms with Gasteiger partial charge in [0.25, 0.3) is 0 Å². The standard InChI is InChI=1S/C12H14FN3O/c1-8(14)11-5-9(13)3-4-12(11)17-10-6-15-16(2)7-10/h3-8H,14H2,1-2H3/t8-/m0/s1. The number of aryl methyl sites for hydroxylation is 1. The Morgan fingerprint density at radius 2 is 2.24 bits per heavy atom. The molecule has 0 unspecified atom stereocenters. The average Bonchev–Trinajstić information content (AvgIpc) is 2.66. The number of halogens is 1. The van der Waals surface area contributed by atoms with E-state index in [9.17, 15) is 4.39 Å². The van der Waals surface area contributed by atoms with E-state index in [1.807, 2.05) is 0 Å². The summed E-state index contributed by atoms with van der Waals surface area (Å²) in [5, 5.41) is 3.99. The predicted octanol–water partition coefficient (Wildman–Crippen LogP) is 2.37. The van der Waals surface area contributed by atoms with Gasteiger partial charge in [-0.15, -0.1) is 0 Å². The highest BCUT2D eigenvalue weighted by molar-refractivity contribution is 5.38. The van der Waals surface area contributed by atoms with Crippen LogP contribution >= 0.6 is 0 Å². The first-order valence-corrected chi connectivity index (χ1v) is 5.28. The van der Waals surface area contributed by atoms with Crippen molar-refractivity contribution < 1.29 is 9.13 Å². The molecule has 2 aromatic rings. The Kier molecular flexibility index (Phi) is 3.10. The second kappa shape index (κ2) is 4.55. The van der Waals surface area contributed by atoms with Crippen molar-refractivity contribution in [2.75, 3.05) is 0 Å². The maximum absolute atomic E-state index is 13.1. The third-order valence-corrected chi connectivity index (χ3v) is 2.37.